The Balaban J connectivity index is 0.00000353. The number of nitrogens with one attached hydrogen (secondary N) is 3. The minimum absolute atomic E-state index is 0. The van der Waals surface area contributed by atoms with Crippen molar-refractivity contribution in [2.24, 2.45) is 0 Å². The number of ether oxygens (including phenoxy) is 2. The van der Waals surface area contributed by atoms with E-state index in [4.69, 9.17) is 9.47 Å². The topological polar surface area (TPSA) is 89.4 Å². The first-order valence-electron chi connectivity index (χ1n) is 12.9. The molecule has 2 unspecified atom stereocenters. The maximum absolute atomic E-state index is 14.1. The first kappa shape index (κ1) is 28.6. The van der Waals surface area contributed by atoms with Crippen molar-refractivity contribution in [3.05, 3.63) is 59.7 Å². The number of rotatable bonds is 8. The second-order valence-corrected chi connectivity index (χ2v) is 9.79. The van der Waals surface area contributed by atoms with Gasteiger partial charge < -0.3 is 25.4 Å². The fraction of sp³-hybridized carbons (Fsp3) is 0.429. The van der Waals surface area contributed by atoms with Crippen LogP contribution in [0.1, 0.15) is 42.5 Å². The summed E-state index contributed by atoms with van der Waals surface area (Å²) in [4.78, 5) is 12.4. The van der Waals surface area contributed by atoms with Crippen molar-refractivity contribution >= 4 is 24.1 Å². The molecule has 1 aromatic heterocycles. The van der Waals surface area contributed by atoms with Crippen molar-refractivity contribution in [2.75, 3.05) is 32.6 Å². The third kappa shape index (κ3) is 6.45. The summed E-state index contributed by atoms with van der Waals surface area (Å²) in [5.74, 6) is 1.65. The van der Waals surface area contributed by atoms with Crippen LogP contribution in [-0.4, -0.2) is 55.5 Å². The second-order valence-electron chi connectivity index (χ2n) is 9.79. The summed E-state index contributed by atoms with van der Waals surface area (Å²) < 4.78 is 40.4. The largest absolute Gasteiger partial charge is 0.493 e. The Bertz CT molecular complexity index is 1260. The predicted molar refractivity (Wildman–Crippen MR) is 148 cm³/mol. The van der Waals surface area contributed by atoms with E-state index in [1.54, 1.807) is 26.4 Å². The van der Waals surface area contributed by atoms with Crippen LogP contribution in [0.15, 0.2) is 48.5 Å². The molecule has 0 saturated carbocycles. The summed E-state index contributed by atoms with van der Waals surface area (Å²) in [5, 5.41) is 14.3. The number of hydrogen-bond donors (Lipinski definition) is 3. The second kappa shape index (κ2) is 12.7. The summed E-state index contributed by atoms with van der Waals surface area (Å²) in [7, 11) is 3.10. The number of benzene rings is 2. The van der Waals surface area contributed by atoms with Gasteiger partial charge in [0.2, 0.25) is 5.91 Å². The Labute approximate surface area is 232 Å². The molecule has 3 atom stereocenters. The van der Waals surface area contributed by atoms with E-state index in [0.717, 1.165) is 42.6 Å². The molecule has 210 valence electrons. The van der Waals surface area contributed by atoms with E-state index in [-0.39, 0.29) is 36.8 Å². The molecular formula is C28H34ClF2N5O3. The lowest BCUT2D eigenvalue weighted by Crippen LogP contribution is -2.46. The highest BCUT2D eigenvalue weighted by Gasteiger charge is 2.35. The van der Waals surface area contributed by atoms with E-state index in [9.17, 15) is 13.6 Å². The van der Waals surface area contributed by atoms with E-state index in [2.05, 4.69) is 21.0 Å². The van der Waals surface area contributed by atoms with Gasteiger partial charge in [-0.1, -0.05) is 30.3 Å². The number of amides is 1. The Kier molecular flexibility index (Phi) is 9.29. The number of carbonyl (C=O) groups excluding carboxylic acids is 1. The number of carbonyl (C=O) groups is 1. The van der Waals surface area contributed by atoms with Crippen LogP contribution in [0, 0.1) is 0 Å². The molecule has 0 spiro atoms. The van der Waals surface area contributed by atoms with E-state index in [1.165, 1.54) is 4.68 Å². The molecule has 1 fully saturated rings. The van der Waals surface area contributed by atoms with E-state index in [1.807, 2.05) is 36.4 Å². The lowest BCUT2D eigenvalue weighted by Gasteiger charge is -2.32. The molecule has 11 heteroatoms. The summed E-state index contributed by atoms with van der Waals surface area (Å²) >= 11 is 0. The van der Waals surface area contributed by atoms with Crippen molar-refractivity contribution in [1.29, 1.82) is 0 Å². The van der Waals surface area contributed by atoms with Gasteiger partial charge in [-0.3, -0.25) is 4.79 Å². The molecule has 5 rings (SSSR count). The summed E-state index contributed by atoms with van der Waals surface area (Å²) in [6.45, 7) is 1.80. The fourth-order valence-corrected chi connectivity index (χ4v) is 5.21. The van der Waals surface area contributed by atoms with E-state index >= 15 is 0 Å². The number of methoxy groups -OCH3 is 2. The molecule has 1 saturated heterocycles. The van der Waals surface area contributed by atoms with Crippen LogP contribution in [0.25, 0.3) is 11.3 Å². The number of piperidine rings is 1. The molecule has 2 aliphatic heterocycles. The molecule has 0 aliphatic carbocycles. The number of aromatic nitrogens is 2. The molecular weight excluding hydrogens is 528 g/mol. The number of alkyl halides is 2. The molecule has 0 bridgehead atoms. The normalized spacial score (nSPS) is 20.4. The summed E-state index contributed by atoms with van der Waals surface area (Å²) in [6.07, 6.45) is -0.0653. The summed E-state index contributed by atoms with van der Waals surface area (Å²) in [6, 6.07) is 13.5. The lowest BCUT2D eigenvalue weighted by molar-refractivity contribution is -0.121. The van der Waals surface area contributed by atoms with Gasteiger partial charge in [0.15, 0.2) is 11.5 Å². The Hall–Kier alpha value is -3.37. The van der Waals surface area contributed by atoms with Gasteiger partial charge in [0, 0.05) is 24.2 Å². The van der Waals surface area contributed by atoms with Crippen molar-refractivity contribution in [3.8, 4) is 22.8 Å². The number of anilines is 1. The van der Waals surface area contributed by atoms with Crippen LogP contribution in [0.2, 0.25) is 0 Å². The van der Waals surface area contributed by atoms with Crippen LogP contribution < -0.4 is 25.4 Å². The molecule has 3 aromatic rings. The zero-order chi connectivity index (χ0) is 26.6. The predicted octanol–water partition coefficient (Wildman–Crippen LogP) is 4.76. The molecule has 8 nitrogen and oxygen atoms in total. The lowest BCUT2D eigenvalue weighted by atomic mass is 9.97. The average Bonchev–Trinajstić information content (AvgIpc) is 3.37. The van der Waals surface area contributed by atoms with Gasteiger partial charge in [0.05, 0.1) is 32.4 Å². The highest BCUT2D eigenvalue weighted by Crippen LogP contribution is 2.41. The van der Waals surface area contributed by atoms with Crippen molar-refractivity contribution in [2.45, 2.75) is 50.2 Å². The van der Waals surface area contributed by atoms with Gasteiger partial charge in [0.1, 0.15) is 11.9 Å². The zero-order valence-electron chi connectivity index (χ0n) is 22.0. The van der Waals surface area contributed by atoms with Crippen LogP contribution in [0.3, 0.4) is 0 Å². The van der Waals surface area contributed by atoms with E-state index in [0.29, 0.717) is 29.4 Å². The molecule has 0 radical (unpaired) electrons. The zero-order valence-corrected chi connectivity index (χ0v) is 22.8. The molecule has 3 N–H and O–H groups in total. The molecule has 2 aliphatic rings. The van der Waals surface area contributed by atoms with Crippen LogP contribution >= 0.6 is 12.4 Å². The molecule has 39 heavy (non-hydrogen) atoms. The monoisotopic (exact) mass is 561 g/mol. The Morgan fingerprint density at radius 1 is 1.13 bits per heavy atom. The maximum atomic E-state index is 14.1. The van der Waals surface area contributed by atoms with Gasteiger partial charge >= 0.3 is 0 Å². The van der Waals surface area contributed by atoms with Gasteiger partial charge in [-0.05, 0) is 49.1 Å². The van der Waals surface area contributed by atoms with Crippen molar-refractivity contribution in [1.82, 2.24) is 20.4 Å². The average molecular weight is 562 g/mol. The standard InChI is InChI=1S/C28H33F2N5O3.ClH/c1-37-24-10-9-19(13-25(24)38-2)21-14-23(28(29)30)35-26(33-21)15-22(34-35)18-7-5-17(6-8-18)12-27(36)32-20-4-3-11-31-16-20;/h5-10,13,15,20-21,23,28,31,33H,3-4,11-12,14,16H2,1-2H3,(H,32,36);1H/t20-,21?,23?;/m0./s1. The first-order chi connectivity index (χ1) is 18.4. The number of hydrogen-bond acceptors (Lipinski definition) is 6. The highest BCUT2D eigenvalue weighted by atomic mass is 35.5. The minimum atomic E-state index is -2.58. The summed E-state index contributed by atoms with van der Waals surface area (Å²) in [5.41, 5.74) is 3.10. The van der Waals surface area contributed by atoms with Gasteiger partial charge in [-0.15, -0.1) is 12.4 Å². The number of nitrogens with zero attached hydrogens (tertiary/aromatic N) is 2. The van der Waals surface area contributed by atoms with Crippen LogP contribution in [-0.2, 0) is 11.2 Å². The first-order valence-corrected chi connectivity index (χ1v) is 12.9. The maximum Gasteiger partial charge on any atom is 0.260 e. The third-order valence-electron chi connectivity index (χ3n) is 7.23. The quantitative estimate of drug-likeness (QED) is 0.367. The molecule has 1 amide bonds. The van der Waals surface area contributed by atoms with Gasteiger partial charge in [-0.25, -0.2) is 13.5 Å². The van der Waals surface area contributed by atoms with Crippen LogP contribution in [0.5, 0.6) is 11.5 Å². The van der Waals surface area contributed by atoms with Gasteiger partial charge in [0.25, 0.3) is 6.43 Å². The Morgan fingerprint density at radius 2 is 1.90 bits per heavy atom. The molecule has 3 heterocycles. The minimum Gasteiger partial charge on any atom is -0.493 e. The Morgan fingerprint density at radius 3 is 2.56 bits per heavy atom. The van der Waals surface area contributed by atoms with Gasteiger partial charge in [-0.2, -0.15) is 5.10 Å². The van der Waals surface area contributed by atoms with E-state index < -0.39 is 12.5 Å². The van der Waals surface area contributed by atoms with Crippen molar-refractivity contribution in [3.63, 3.8) is 0 Å². The highest BCUT2D eigenvalue weighted by molar-refractivity contribution is 5.85. The third-order valence-corrected chi connectivity index (χ3v) is 7.23. The molecule has 2 aromatic carbocycles. The smallest absolute Gasteiger partial charge is 0.260 e. The number of fused-ring (bicyclic) bond motifs is 1. The van der Waals surface area contributed by atoms with Crippen molar-refractivity contribution < 1.29 is 23.0 Å². The fourth-order valence-electron chi connectivity index (χ4n) is 5.21. The SMILES string of the molecule is COc1ccc(C2CC(C(F)F)n3nc(-c4ccc(CC(=O)N[C@H]5CCCNC5)cc4)cc3N2)cc1OC.Cl. The van der Waals surface area contributed by atoms with Crippen LogP contribution in [0.4, 0.5) is 14.6 Å². The number of halogens is 3.